The molecule has 1 unspecified atom stereocenters. The van der Waals surface area contributed by atoms with Crippen molar-refractivity contribution in [1.82, 2.24) is 5.32 Å². The molecule has 1 aromatic rings. The van der Waals surface area contributed by atoms with Crippen LogP contribution in [0, 0.1) is 6.92 Å². The Bertz CT molecular complexity index is 355. The van der Waals surface area contributed by atoms with Gasteiger partial charge < -0.3 is 5.32 Å². The minimum Gasteiger partial charge on any atom is -0.310 e. The highest BCUT2D eigenvalue weighted by Gasteiger charge is 2.11. The molecule has 0 amide bonds. The fourth-order valence-electron chi connectivity index (χ4n) is 2.73. The van der Waals surface area contributed by atoms with Gasteiger partial charge in [-0.05, 0) is 43.1 Å². The molecule has 0 aliphatic heterocycles. The molecule has 0 saturated heterocycles. The van der Waals surface area contributed by atoms with Crippen LogP contribution in [0.5, 0.6) is 0 Å². The molecular formula is C18H30ClN. The Morgan fingerprint density at radius 3 is 2.35 bits per heavy atom. The van der Waals surface area contributed by atoms with Crippen LogP contribution in [0.2, 0.25) is 5.02 Å². The molecule has 114 valence electrons. The van der Waals surface area contributed by atoms with Crippen LogP contribution in [-0.4, -0.2) is 6.54 Å². The quantitative estimate of drug-likeness (QED) is 0.518. The van der Waals surface area contributed by atoms with Crippen LogP contribution in [-0.2, 0) is 0 Å². The highest BCUT2D eigenvalue weighted by atomic mass is 35.5. The van der Waals surface area contributed by atoms with Crippen LogP contribution in [0.3, 0.4) is 0 Å². The number of nitrogens with one attached hydrogen (secondary N) is 1. The van der Waals surface area contributed by atoms with Crippen molar-refractivity contribution >= 4 is 11.6 Å². The Morgan fingerprint density at radius 2 is 1.70 bits per heavy atom. The molecule has 1 N–H and O–H groups in total. The summed E-state index contributed by atoms with van der Waals surface area (Å²) in [7, 11) is 0. The van der Waals surface area contributed by atoms with Crippen molar-refractivity contribution in [1.29, 1.82) is 0 Å². The van der Waals surface area contributed by atoms with Crippen molar-refractivity contribution in [3.63, 3.8) is 0 Å². The van der Waals surface area contributed by atoms with Gasteiger partial charge in [-0.25, -0.2) is 0 Å². The van der Waals surface area contributed by atoms with E-state index in [1.54, 1.807) is 0 Å². The van der Waals surface area contributed by atoms with Gasteiger partial charge in [-0.15, -0.1) is 0 Å². The van der Waals surface area contributed by atoms with Crippen molar-refractivity contribution in [2.24, 2.45) is 0 Å². The topological polar surface area (TPSA) is 12.0 Å². The molecule has 2 heteroatoms. The van der Waals surface area contributed by atoms with Gasteiger partial charge in [0.05, 0.1) is 0 Å². The second kappa shape index (κ2) is 10.2. The van der Waals surface area contributed by atoms with Crippen LogP contribution in [0.25, 0.3) is 0 Å². The molecule has 0 radical (unpaired) electrons. The normalized spacial score (nSPS) is 12.6. The maximum atomic E-state index is 6.19. The van der Waals surface area contributed by atoms with Gasteiger partial charge >= 0.3 is 0 Å². The first-order valence-electron chi connectivity index (χ1n) is 8.17. The van der Waals surface area contributed by atoms with E-state index in [0.717, 1.165) is 11.6 Å². The second-order valence-electron chi connectivity index (χ2n) is 5.73. The van der Waals surface area contributed by atoms with Gasteiger partial charge in [0.1, 0.15) is 0 Å². The average Bonchev–Trinajstić information content (AvgIpc) is 2.40. The number of rotatable bonds is 10. The lowest BCUT2D eigenvalue weighted by Crippen LogP contribution is -2.21. The summed E-state index contributed by atoms with van der Waals surface area (Å²) in [4.78, 5) is 0. The van der Waals surface area contributed by atoms with Gasteiger partial charge in [0.15, 0.2) is 0 Å². The molecule has 1 rings (SSSR count). The van der Waals surface area contributed by atoms with Crippen LogP contribution in [0.4, 0.5) is 0 Å². The lowest BCUT2D eigenvalue weighted by molar-refractivity contribution is 0.477. The summed E-state index contributed by atoms with van der Waals surface area (Å²) >= 11 is 6.19. The van der Waals surface area contributed by atoms with E-state index in [4.69, 9.17) is 11.6 Å². The number of hydrogen-bond acceptors (Lipinski definition) is 1. The van der Waals surface area contributed by atoms with E-state index in [1.807, 2.05) is 6.07 Å². The second-order valence-corrected chi connectivity index (χ2v) is 6.17. The van der Waals surface area contributed by atoms with E-state index in [9.17, 15) is 0 Å². The number of hydrogen-bond donors (Lipinski definition) is 1. The zero-order valence-corrected chi connectivity index (χ0v) is 14.1. The lowest BCUT2D eigenvalue weighted by Gasteiger charge is -2.19. The number of halogens is 1. The maximum absolute atomic E-state index is 6.19. The fourth-order valence-corrected chi connectivity index (χ4v) is 3.03. The summed E-state index contributed by atoms with van der Waals surface area (Å²) in [6, 6.07) is 6.84. The predicted octanol–water partition coefficient (Wildman–Crippen LogP) is 6.05. The maximum Gasteiger partial charge on any atom is 0.0411 e. The first kappa shape index (κ1) is 17.5. The predicted molar refractivity (Wildman–Crippen MR) is 90.6 cm³/mol. The minimum absolute atomic E-state index is 0.448. The van der Waals surface area contributed by atoms with Gasteiger partial charge in [0.2, 0.25) is 0 Å². The molecule has 20 heavy (non-hydrogen) atoms. The summed E-state index contributed by atoms with van der Waals surface area (Å²) in [5.41, 5.74) is 2.59. The van der Waals surface area contributed by atoms with Crippen LogP contribution in [0.1, 0.15) is 76.0 Å². The minimum atomic E-state index is 0.448. The van der Waals surface area contributed by atoms with Crippen molar-refractivity contribution in [3.05, 3.63) is 34.3 Å². The van der Waals surface area contributed by atoms with Gasteiger partial charge in [0, 0.05) is 11.1 Å². The first-order valence-corrected chi connectivity index (χ1v) is 8.55. The Kier molecular flexibility index (Phi) is 8.97. The van der Waals surface area contributed by atoms with E-state index in [0.29, 0.717) is 6.04 Å². The van der Waals surface area contributed by atoms with Gasteiger partial charge in [-0.1, -0.05) is 70.0 Å². The van der Waals surface area contributed by atoms with E-state index in [1.165, 1.54) is 56.1 Å². The Hall–Kier alpha value is -0.530. The van der Waals surface area contributed by atoms with Gasteiger partial charge in [0.25, 0.3) is 0 Å². The van der Waals surface area contributed by atoms with Crippen molar-refractivity contribution in [2.75, 3.05) is 6.54 Å². The largest absolute Gasteiger partial charge is 0.310 e. The highest BCUT2D eigenvalue weighted by Crippen LogP contribution is 2.24. The molecule has 0 aliphatic carbocycles. The van der Waals surface area contributed by atoms with E-state index in [2.05, 4.69) is 38.2 Å². The number of unbranched alkanes of at least 4 members (excludes halogenated alkanes) is 5. The molecule has 0 aliphatic rings. The summed E-state index contributed by atoms with van der Waals surface area (Å²) in [6.45, 7) is 7.56. The molecule has 1 nitrogen and oxygen atoms in total. The fraction of sp³-hybridized carbons (Fsp3) is 0.667. The Morgan fingerprint density at radius 1 is 1.00 bits per heavy atom. The smallest absolute Gasteiger partial charge is 0.0411 e. The average molecular weight is 296 g/mol. The lowest BCUT2D eigenvalue weighted by atomic mass is 9.98. The van der Waals surface area contributed by atoms with Crippen molar-refractivity contribution in [3.8, 4) is 0 Å². The first-order chi connectivity index (χ1) is 9.67. The standard InChI is InChI=1S/C18H30ClN/c1-4-6-7-8-9-10-11-18(20-5-2)16-12-15(3)13-17(19)14-16/h12-14,18,20H,4-11H2,1-3H3. The summed E-state index contributed by atoms with van der Waals surface area (Å²) in [5, 5.41) is 4.45. The zero-order valence-electron chi connectivity index (χ0n) is 13.3. The molecule has 0 aromatic heterocycles. The highest BCUT2D eigenvalue weighted by molar-refractivity contribution is 6.30. The summed E-state index contributed by atoms with van der Waals surface area (Å²) < 4.78 is 0. The molecule has 1 aromatic carbocycles. The van der Waals surface area contributed by atoms with Crippen LogP contribution in [0.15, 0.2) is 18.2 Å². The molecular weight excluding hydrogens is 266 g/mol. The molecule has 1 atom stereocenters. The Balaban J connectivity index is 2.47. The van der Waals surface area contributed by atoms with E-state index in [-0.39, 0.29) is 0 Å². The molecule has 0 saturated carbocycles. The third kappa shape index (κ3) is 6.76. The monoisotopic (exact) mass is 295 g/mol. The van der Waals surface area contributed by atoms with E-state index < -0.39 is 0 Å². The summed E-state index contributed by atoms with van der Waals surface area (Å²) in [6.07, 6.45) is 9.32. The third-order valence-corrected chi connectivity index (χ3v) is 3.98. The molecule has 0 fully saturated rings. The third-order valence-electron chi connectivity index (χ3n) is 3.76. The Labute approximate surface area is 130 Å². The van der Waals surface area contributed by atoms with Gasteiger partial charge in [-0.3, -0.25) is 0 Å². The molecule has 0 heterocycles. The number of benzene rings is 1. The SMILES string of the molecule is CCCCCCCCC(NCC)c1cc(C)cc(Cl)c1. The van der Waals surface area contributed by atoms with Gasteiger partial charge in [-0.2, -0.15) is 0 Å². The summed E-state index contributed by atoms with van der Waals surface area (Å²) in [5.74, 6) is 0. The zero-order chi connectivity index (χ0) is 14.8. The van der Waals surface area contributed by atoms with Crippen molar-refractivity contribution in [2.45, 2.75) is 71.8 Å². The van der Waals surface area contributed by atoms with Crippen LogP contribution >= 0.6 is 11.6 Å². The van der Waals surface area contributed by atoms with Crippen molar-refractivity contribution < 1.29 is 0 Å². The molecule has 0 bridgehead atoms. The number of aryl methyl sites for hydroxylation is 1. The molecule has 0 spiro atoms. The van der Waals surface area contributed by atoms with E-state index >= 15 is 0 Å². The van der Waals surface area contributed by atoms with Crippen LogP contribution < -0.4 is 5.32 Å².